The van der Waals surface area contributed by atoms with E-state index in [9.17, 15) is 4.79 Å². The Bertz CT molecular complexity index is 463. The van der Waals surface area contributed by atoms with Crippen LogP contribution in [0.4, 0.5) is 0 Å². The summed E-state index contributed by atoms with van der Waals surface area (Å²) in [6.07, 6.45) is 0. The predicted molar refractivity (Wildman–Crippen MR) is 51.4 cm³/mol. The summed E-state index contributed by atoms with van der Waals surface area (Å²) in [4.78, 5) is 10.7. The van der Waals surface area contributed by atoms with E-state index in [4.69, 9.17) is 0 Å². The molecule has 0 fully saturated rings. The van der Waals surface area contributed by atoms with Gasteiger partial charge in [-0.15, -0.1) is 5.10 Å². The second-order valence-electron chi connectivity index (χ2n) is 3.07. The minimum absolute atomic E-state index is 0.0344. The molecular formula is C9H10N4O. The third-order valence-corrected chi connectivity index (χ3v) is 1.93. The fraction of sp³-hybridized carbons (Fsp3) is 0.222. The summed E-state index contributed by atoms with van der Waals surface area (Å²) in [6, 6.07) is 5.71. The molecule has 0 aliphatic rings. The van der Waals surface area contributed by atoms with E-state index in [1.165, 1.54) is 6.92 Å². The first-order valence-electron chi connectivity index (χ1n) is 4.30. The molecule has 2 rings (SSSR count). The SMILES string of the molecule is CC(=O)NCc1ccc2nn[nH]c2c1. The molecule has 0 aliphatic heterocycles. The van der Waals surface area contributed by atoms with Gasteiger partial charge in [-0.1, -0.05) is 11.3 Å². The highest BCUT2D eigenvalue weighted by Crippen LogP contribution is 2.09. The molecule has 0 spiro atoms. The van der Waals surface area contributed by atoms with E-state index in [2.05, 4.69) is 20.7 Å². The number of carbonyl (C=O) groups is 1. The van der Waals surface area contributed by atoms with Crippen molar-refractivity contribution in [3.63, 3.8) is 0 Å². The van der Waals surface area contributed by atoms with E-state index in [1.54, 1.807) is 0 Å². The number of aromatic amines is 1. The standard InChI is InChI=1S/C9H10N4O/c1-6(14)10-5-7-2-3-8-9(4-7)12-13-11-8/h2-4H,5H2,1H3,(H,10,14)(H,11,12,13). The van der Waals surface area contributed by atoms with Gasteiger partial charge in [0.05, 0.1) is 5.52 Å². The van der Waals surface area contributed by atoms with Crippen LogP contribution in [-0.2, 0) is 11.3 Å². The minimum atomic E-state index is -0.0344. The number of nitrogens with zero attached hydrogens (tertiary/aromatic N) is 2. The molecule has 0 bridgehead atoms. The smallest absolute Gasteiger partial charge is 0.217 e. The topological polar surface area (TPSA) is 70.7 Å². The van der Waals surface area contributed by atoms with Crippen LogP contribution in [0.3, 0.4) is 0 Å². The van der Waals surface area contributed by atoms with Gasteiger partial charge in [-0.3, -0.25) is 9.89 Å². The number of nitrogens with one attached hydrogen (secondary N) is 2. The average molecular weight is 190 g/mol. The number of carbonyl (C=O) groups excluding carboxylic acids is 1. The summed E-state index contributed by atoms with van der Waals surface area (Å²) in [6.45, 7) is 2.03. The number of H-pyrrole nitrogens is 1. The summed E-state index contributed by atoms with van der Waals surface area (Å²) in [5.41, 5.74) is 2.74. The zero-order chi connectivity index (χ0) is 9.97. The lowest BCUT2D eigenvalue weighted by Gasteiger charge is -2.01. The van der Waals surface area contributed by atoms with Gasteiger partial charge >= 0.3 is 0 Å². The van der Waals surface area contributed by atoms with Crippen molar-refractivity contribution in [2.24, 2.45) is 0 Å². The van der Waals surface area contributed by atoms with Crippen LogP contribution in [0.25, 0.3) is 11.0 Å². The van der Waals surface area contributed by atoms with Crippen LogP contribution in [0, 0.1) is 0 Å². The van der Waals surface area contributed by atoms with Crippen molar-refractivity contribution in [3.8, 4) is 0 Å². The highest BCUT2D eigenvalue weighted by atomic mass is 16.1. The first-order valence-corrected chi connectivity index (χ1v) is 4.30. The highest BCUT2D eigenvalue weighted by Gasteiger charge is 1.99. The normalized spacial score (nSPS) is 10.4. The molecular weight excluding hydrogens is 180 g/mol. The van der Waals surface area contributed by atoms with E-state index < -0.39 is 0 Å². The highest BCUT2D eigenvalue weighted by molar-refractivity contribution is 5.75. The molecule has 0 saturated carbocycles. The van der Waals surface area contributed by atoms with Crippen molar-refractivity contribution >= 4 is 16.9 Å². The van der Waals surface area contributed by atoms with Crippen LogP contribution in [0.1, 0.15) is 12.5 Å². The molecule has 2 aromatic rings. The summed E-state index contributed by atoms with van der Waals surface area (Å²) in [5.74, 6) is -0.0344. The quantitative estimate of drug-likeness (QED) is 0.728. The molecule has 0 atom stereocenters. The molecule has 5 nitrogen and oxygen atoms in total. The minimum Gasteiger partial charge on any atom is -0.352 e. The molecule has 1 aromatic heterocycles. The van der Waals surface area contributed by atoms with Gasteiger partial charge in [-0.2, -0.15) is 0 Å². The number of benzene rings is 1. The van der Waals surface area contributed by atoms with Gasteiger partial charge in [0, 0.05) is 13.5 Å². The third kappa shape index (κ3) is 1.71. The van der Waals surface area contributed by atoms with Crippen molar-refractivity contribution in [2.45, 2.75) is 13.5 Å². The maximum Gasteiger partial charge on any atom is 0.217 e. The summed E-state index contributed by atoms with van der Waals surface area (Å²) in [7, 11) is 0. The lowest BCUT2D eigenvalue weighted by molar-refractivity contribution is -0.119. The Morgan fingerprint density at radius 2 is 2.43 bits per heavy atom. The second kappa shape index (κ2) is 3.45. The Morgan fingerprint density at radius 1 is 1.57 bits per heavy atom. The molecule has 1 heterocycles. The van der Waals surface area contributed by atoms with Crippen LogP contribution < -0.4 is 5.32 Å². The zero-order valence-corrected chi connectivity index (χ0v) is 7.74. The first-order chi connectivity index (χ1) is 6.75. The maximum absolute atomic E-state index is 10.7. The van der Waals surface area contributed by atoms with Gasteiger partial charge in [-0.05, 0) is 17.7 Å². The largest absolute Gasteiger partial charge is 0.352 e. The maximum atomic E-state index is 10.7. The first kappa shape index (κ1) is 8.68. The third-order valence-electron chi connectivity index (χ3n) is 1.93. The Hall–Kier alpha value is -1.91. The fourth-order valence-corrected chi connectivity index (χ4v) is 1.23. The van der Waals surface area contributed by atoms with Crippen LogP contribution >= 0.6 is 0 Å². The number of hydrogen-bond acceptors (Lipinski definition) is 3. The molecule has 0 aliphatic carbocycles. The van der Waals surface area contributed by atoms with Crippen molar-refractivity contribution in [1.29, 1.82) is 0 Å². The van der Waals surface area contributed by atoms with Crippen LogP contribution in [0.15, 0.2) is 18.2 Å². The van der Waals surface area contributed by atoms with E-state index in [1.807, 2.05) is 18.2 Å². The van der Waals surface area contributed by atoms with Gasteiger partial charge in [0.15, 0.2) is 0 Å². The zero-order valence-electron chi connectivity index (χ0n) is 7.74. The van der Waals surface area contributed by atoms with Crippen LogP contribution in [-0.4, -0.2) is 21.3 Å². The number of aromatic nitrogens is 3. The van der Waals surface area contributed by atoms with Crippen molar-refractivity contribution in [1.82, 2.24) is 20.7 Å². The molecule has 0 unspecified atom stereocenters. The molecule has 72 valence electrons. The summed E-state index contributed by atoms with van der Waals surface area (Å²) in [5, 5.41) is 13.0. The fourth-order valence-electron chi connectivity index (χ4n) is 1.23. The Balaban J connectivity index is 2.21. The van der Waals surface area contributed by atoms with Gasteiger partial charge < -0.3 is 5.32 Å². The average Bonchev–Trinajstić information content (AvgIpc) is 2.61. The molecule has 1 amide bonds. The lowest BCUT2D eigenvalue weighted by Crippen LogP contribution is -2.18. The molecule has 2 N–H and O–H groups in total. The number of fused-ring (bicyclic) bond motifs is 1. The van der Waals surface area contributed by atoms with Gasteiger partial charge in [0.1, 0.15) is 5.52 Å². The van der Waals surface area contributed by atoms with Gasteiger partial charge in [0.2, 0.25) is 5.91 Å². The lowest BCUT2D eigenvalue weighted by atomic mass is 10.2. The predicted octanol–water partition coefficient (Wildman–Crippen LogP) is 0.594. The molecule has 0 radical (unpaired) electrons. The number of hydrogen-bond donors (Lipinski definition) is 2. The molecule has 0 saturated heterocycles. The van der Waals surface area contributed by atoms with Crippen LogP contribution in [0.5, 0.6) is 0 Å². The van der Waals surface area contributed by atoms with E-state index in [-0.39, 0.29) is 5.91 Å². The molecule has 5 heteroatoms. The van der Waals surface area contributed by atoms with Crippen molar-refractivity contribution in [3.05, 3.63) is 23.8 Å². The Kier molecular flexibility index (Phi) is 2.14. The van der Waals surface area contributed by atoms with Crippen LogP contribution in [0.2, 0.25) is 0 Å². The Morgan fingerprint density at radius 3 is 3.21 bits per heavy atom. The number of rotatable bonds is 2. The monoisotopic (exact) mass is 190 g/mol. The Labute approximate surface area is 80.5 Å². The van der Waals surface area contributed by atoms with Gasteiger partial charge in [0.25, 0.3) is 0 Å². The van der Waals surface area contributed by atoms with Gasteiger partial charge in [-0.25, -0.2) is 0 Å². The summed E-state index contributed by atoms with van der Waals surface area (Å²) < 4.78 is 0. The number of amides is 1. The second-order valence-corrected chi connectivity index (χ2v) is 3.07. The van der Waals surface area contributed by atoms with Crippen molar-refractivity contribution < 1.29 is 4.79 Å². The molecule has 14 heavy (non-hydrogen) atoms. The van der Waals surface area contributed by atoms with E-state index in [0.717, 1.165) is 16.6 Å². The van der Waals surface area contributed by atoms with E-state index in [0.29, 0.717) is 6.54 Å². The molecule has 1 aromatic carbocycles. The van der Waals surface area contributed by atoms with E-state index >= 15 is 0 Å². The van der Waals surface area contributed by atoms with Crippen molar-refractivity contribution in [2.75, 3.05) is 0 Å². The summed E-state index contributed by atoms with van der Waals surface area (Å²) >= 11 is 0.